The van der Waals surface area contributed by atoms with Crippen molar-refractivity contribution in [2.45, 2.75) is 44.3 Å². The van der Waals surface area contributed by atoms with Crippen molar-refractivity contribution >= 4 is 29.4 Å². The van der Waals surface area contributed by atoms with Crippen molar-refractivity contribution in [2.75, 3.05) is 31.2 Å². The molecule has 9 heteroatoms. The third-order valence-corrected chi connectivity index (χ3v) is 7.45. The summed E-state index contributed by atoms with van der Waals surface area (Å²) in [5.74, 6) is -0.918. The molecular weight excluding hydrogens is 400 g/mol. The fraction of sp³-hybridized carbons (Fsp3) is 0.545. The highest BCUT2D eigenvalue weighted by atomic mass is 16.5. The monoisotopic (exact) mass is 424 g/mol. The number of ether oxygens (including phenoxy) is 1. The van der Waals surface area contributed by atoms with E-state index in [-0.39, 0.29) is 24.3 Å². The van der Waals surface area contributed by atoms with Crippen LogP contribution in [0.5, 0.6) is 0 Å². The van der Waals surface area contributed by atoms with E-state index in [9.17, 15) is 19.2 Å². The third-order valence-electron chi connectivity index (χ3n) is 7.45. The van der Waals surface area contributed by atoms with Gasteiger partial charge >= 0.3 is 6.03 Å². The predicted octanol–water partition coefficient (Wildman–Crippen LogP) is 0.869. The Morgan fingerprint density at radius 3 is 2.55 bits per heavy atom. The summed E-state index contributed by atoms with van der Waals surface area (Å²) >= 11 is 0. The first-order valence-electron chi connectivity index (χ1n) is 10.9. The molecule has 1 aliphatic carbocycles. The fourth-order valence-corrected chi connectivity index (χ4v) is 5.65. The van der Waals surface area contributed by atoms with Crippen LogP contribution in [0.2, 0.25) is 0 Å². The molecule has 4 aliphatic heterocycles. The first kappa shape index (κ1) is 18.8. The van der Waals surface area contributed by atoms with Crippen LogP contribution in [-0.4, -0.2) is 71.9 Å². The highest BCUT2D eigenvalue weighted by Crippen LogP contribution is 2.49. The number of piperidine rings is 1. The highest BCUT2D eigenvalue weighted by molar-refractivity contribution is 6.06. The van der Waals surface area contributed by atoms with Gasteiger partial charge < -0.3 is 14.5 Å². The molecule has 9 nitrogen and oxygen atoms in total. The zero-order valence-electron chi connectivity index (χ0n) is 17.1. The second-order valence-electron chi connectivity index (χ2n) is 9.42. The molecule has 31 heavy (non-hydrogen) atoms. The zero-order chi connectivity index (χ0) is 21.3. The number of urea groups is 1. The molecule has 3 saturated heterocycles. The van der Waals surface area contributed by atoms with E-state index >= 15 is 0 Å². The Balaban J connectivity index is 1.17. The summed E-state index contributed by atoms with van der Waals surface area (Å²) < 4.78 is 5.34. The van der Waals surface area contributed by atoms with Gasteiger partial charge in [0.1, 0.15) is 6.04 Å². The number of nitrogens with one attached hydrogen (secondary N) is 1. The number of amides is 5. The van der Waals surface area contributed by atoms with Crippen molar-refractivity contribution in [3.8, 4) is 0 Å². The normalized spacial score (nSPS) is 27.5. The van der Waals surface area contributed by atoms with Gasteiger partial charge in [0.05, 0.1) is 13.2 Å². The van der Waals surface area contributed by atoms with Crippen molar-refractivity contribution in [2.24, 2.45) is 5.41 Å². The fourth-order valence-electron chi connectivity index (χ4n) is 5.65. The van der Waals surface area contributed by atoms with Gasteiger partial charge in [0.25, 0.3) is 5.91 Å². The Bertz CT molecular complexity index is 1010. The van der Waals surface area contributed by atoms with E-state index in [1.54, 1.807) is 11.0 Å². The van der Waals surface area contributed by atoms with E-state index in [1.807, 2.05) is 17.0 Å². The molecule has 0 aromatic heterocycles. The second kappa shape index (κ2) is 6.53. The Labute approximate surface area is 179 Å². The molecule has 1 unspecified atom stereocenters. The average Bonchev–Trinajstić information content (AvgIpc) is 3.20. The predicted molar refractivity (Wildman–Crippen MR) is 108 cm³/mol. The van der Waals surface area contributed by atoms with E-state index in [4.69, 9.17) is 4.74 Å². The number of hydrogen-bond acceptors (Lipinski definition) is 5. The smallest absolute Gasteiger partial charge is 0.324 e. The van der Waals surface area contributed by atoms with Crippen LogP contribution in [0.3, 0.4) is 0 Å². The van der Waals surface area contributed by atoms with Gasteiger partial charge in [-0.25, -0.2) is 4.79 Å². The average molecular weight is 424 g/mol. The lowest BCUT2D eigenvalue weighted by Crippen LogP contribution is -2.60. The van der Waals surface area contributed by atoms with E-state index in [2.05, 4.69) is 5.32 Å². The van der Waals surface area contributed by atoms with Crippen molar-refractivity contribution in [1.29, 1.82) is 0 Å². The molecule has 6 rings (SSSR count). The van der Waals surface area contributed by atoms with Crippen LogP contribution >= 0.6 is 0 Å². The summed E-state index contributed by atoms with van der Waals surface area (Å²) in [6.07, 6.45) is 2.61. The zero-order valence-corrected chi connectivity index (χ0v) is 17.1. The van der Waals surface area contributed by atoms with Crippen LogP contribution in [0.15, 0.2) is 18.2 Å². The molecule has 0 bridgehead atoms. The van der Waals surface area contributed by atoms with Crippen LogP contribution in [0.1, 0.15) is 41.6 Å². The Hall–Kier alpha value is -2.94. The summed E-state index contributed by atoms with van der Waals surface area (Å²) in [5, 5.41) is 2.32. The molecule has 1 spiro atoms. The van der Waals surface area contributed by atoms with Crippen molar-refractivity contribution in [3.63, 3.8) is 0 Å². The standard InChI is InChI=1S/C22H24N4O5/c27-18-4-3-17(19(28)23-18)26-10-13-7-14(1-2-16(13)20(26)29)24-5-6-25(21(24)30)15-8-22(9-15)11-31-12-22/h1-2,7,15,17H,3-6,8-12H2,(H,23,27,28). The maximum absolute atomic E-state index is 13.1. The number of fused-ring (bicyclic) bond motifs is 1. The summed E-state index contributed by atoms with van der Waals surface area (Å²) in [7, 11) is 0. The number of carbonyl (C=O) groups is 4. The van der Waals surface area contributed by atoms with Gasteiger partial charge in [-0.3, -0.25) is 24.6 Å². The largest absolute Gasteiger partial charge is 0.380 e. The molecule has 1 aromatic carbocycles. The number of benzene rings is 1. The quantitative estimate of drug-likeness (QED) is 0.726. The van der Waals surface area contributed by atoms with E-state index in [0.29, 0.717) is 43.1 Å². The van der Waals surface area contributed by atoms with Crippen molar-refractivity contribution < 1.29 is 23.9 Å². The van der Waals surface area contributed by atoms with E-state index in [0.717, 1.165) is 37.3 Å². The lowest BCUT2D eigenvalue weighted by Gasteiger charge is -2.55. The molecule has 5 aliphatic rings. The number of hydrogen-bond donors (Lipinski definition) is 1. The van der Waals surface area contributed by atoms with E-state index in [1.165, 1.54) is 4.90 Å². The van der Waals surface area contributed by atoms with Gasteiger partial charge in [-0.15, -0.1) is 0 Å². The maximum Gasteiger partial charge on any atom is 0.324 e. The third kappa shape index (κ3) is 2.79. The molecule has 1 aromatic rings. The molecule has 4 fully saturated rings. The number of imide groups is 1. The van der Waals surface area contributed by atoms with Gasteiger partial charge in [0.15, 0.2) is 0 Å². The van der Waals surface area contributed by atoms with Crippen LogP contribution in [0.4, 0.5) is 10.5 Å². The topological polar surface area (TPSA) is 99.3 Å². The number of rotatable bonds is 3. The molecule has 1 saturated carbocycles. The summed E-state index contributed by atoms with van der Waals surface area (Å²) in [6.45, 7) is 3.28. The first-order chi connectivity index (χ1) is 14.9. The van der Waals surface area contributed by atoms with Gasteiger partial charge in [-0.1, -0.05) is 0 Å². The molecule has 5 amide bonds. The minimum atomic E-state index is -0.633. The molecule has 162 valence electrons. The summed E-state index contributed by atoms with van der Waals surface area (Å²) in [4.78, 5) is 54.9. The highest BCUT2D eigenvalue weighted by Gasteiger charge is 2.53. The van der Waals surface area contributed by atoms with Crippen molar-refractivity contribution in [3.05, 3.63) is 29.3 Å². The molecular formula is C22H24N4O5. The molecule has 4 heterocycles. The number of anilines is 1. The van der Waals surface area contributed by atoms with E-state index < -0.39 is 11.9 Å². The second-order valence-corrected chi connectivity index (χ2v) is 9.42. The van der Waals surface area contributed by atoms with Gasteiger partial charge in [0, 0.05) is 48.8 Å². The summed E-state index contributed by atoms with van der Waals surface area (Å²) in [5.41, 5.74) is 2.46. The Morgan fingerprint density at radius 2 is 1.84 bits per heavy atom. The van der Waals surface area contributed by atoms with Gasteiger partial charge in [-0.2, -0.15) is 0 Å². The van der Waals surface area contributed by atoms with Gasteiger partial charge in [0.2, 0.25) is 11.8 Å². The molecule has 0 radical (unpaired) electrons. The lowest BCUT2D eigenvalue weighted by molar-refractivity contribution is -0.178. The minimum absolute atomic E-state index is 0.0198. The minimum Gasteiger partial charge on any atom is -0.380 e. The van der Waals surface area contributed by atoms with Crippen LogP contribution in [0, 0.1) is 5.41 Å². The Kier molecular flexibility index (Phi) is 3.96. The number of carbonyl (C=O) groups excluding carboxylic acids is 4. The molecule has 1 N–H and O–H groups in total. The van der Waals surface area contributed by atoms with Crippen molar-refractivity contribution in [1.82, 2.24) is 15.1 Å². The molecule has 1 atom stereocenters. The van der Waals surface area contributed by atoms with Gasteiger partial charge in [-0.05, 0) is 43.0 Å². The van der Waals surface area contributed by atoms with Crippen LogP contribution in [0.25, 0.3) is 0 Å². The lowest BCUT2D eigenvalue weighted by atomic mass is 9.63. The first-order valence-corrected chi connectivity index (χ1v) is 10.9. The Morgan fingerprint density at radius 1 is 1.03 bits per heavy atom. The SMILES string of the molecule is O=C1CCC(N2Cc3cc(N4CCN(C5CC6(COC6)C5)C4=O)ccc3C2=O)C(=O)N1. The summed E-state index contributed by atoms with van der Waals surface area (Å²) in [6, 6.07) is 5.13. The van der Waals surface area contributed by atoms with Crippen LogP contribution < -0.4 is 10.2 Å². The van der Waals surface area contributed by atoms with Crippen LogP contribution in [-0.2, 0) is 20.9 Å². The number of nitrogens with zero attached hydrogens (tertiary/aromatic N) is 3. The maximum atomic E-state index is 13.1.